The van der Waals surface area contributed by atoms with Gasteiger partial charge in [-0.2, -0.15) is 0 Å². The van der Waals surface area contributed by atoms with Gasteiger partial charge in [0.15, 0.2) is 0 Å². The number of fused-ring (bicyclic) bond motifs is 3. The summed E-state index contributed by atoms with van der Waals surface area (Å²) in [5, 5.41) is 0.569. The zero-order valence-electron chi connectivity index (χ0n) is 13.7. The summed E-state index contributed by atoms with van der Waals surface area (Å²) in [5.74, 6) is -0.449. The van der Waals surface area contributed by atoms with Crippen LogP contribution in [0.25, 0.3) is 27.7 Å². The number of esters is 1. The van der Waals surface area contributed by atoms with E-state index < -0.39 is 5.97 Å². The SMILES string of the molecule is CCOC(=O)c1c(-c2ccccc2)cn2c1[nH]c(=O)c1ccccc12. The minimum absolute atomic E-state index is 0.230. The van der Waals surface area contributed by atoms with Crippen molar-refractivity contribution in [2.24, 2.45) is 0 Å². The largest absolute Gasteiger partial charge is 0.462 e. The first-order valence-corrected chi connectivity index (χ1v) is 8.09. The zero-order valence-corrected chi connectivity index (χ0v) is 13.7. The predicted molar refractivity (Wildman–Crippen MR) is 96.9 cm³/mol. The summed E-state index contributed by atoms with van der Waals surface area (Å²) in [4.78, 5) is 27.9. The first kappa shape index (κ1) is 15.2. The van der Waals surface area contributed by atoms with Crippen molar-refractivity contribution >= 4 is 22.5 Å². The van der Waals surface area contributed by atoms with E-state index in [-0.39, 0.29) is 12.2 Å². The zero-order chi connectivity index (χ0) is 17.4. The molecule has 4 aromatic rings. The van der Waals surface area contributed by atoms with E-state index in [0.29, 0.717) is 16.6 Å². The minimum Gasteiger partial charge on any atom is -0.462 e. The quantitative estimate of drug-likeness (QED) is 0.583. The van der Waals surface area contributed by atoms with Crippen LogP contribution in [0.15, 0.2) is 65.6 Å². The molecule has 5 nitrogen and oxygen atoms in total. The van der Waals surface area contributed by atoms with Crippen LogP contribution in [-0.4, -0.2) is 22.0 Å². The Kier molecular flexibility index (Phi) is 3.61. The molecule has 0 bridgehead atoms. The molecule has 0 aliphatic carbocycles. The number of aromatic amines is 1. The maximum atomic E-state index is 12.6. The Morgan fingerprint density at radius 2 is 1.80 bits per heavy atom. The van der Waals surface area contributed by atoms with Gasteiger partial charge in [0.25, 0.3) is 5.56 Å². The summed E-state index contributed by atoms with van der Waals surface area (Å²) in [6.45, 7) is 2.03. The summed E-state index contributed by atoms with van der Waals surface area (Å²) >= 11 is 0. The van der Waals surface area contributed by atoms with Gasteiger partial charge in [-0.15, -0.1) is 0 Å². The van der Waals surface area contributed by atoms with Crippen molar-refractivity contribution in [3.8, 4) is 11.1 Å². The number of ether oxygens (including phenoxy) is 1. The van der Waals surface area contributed by atoms with Crippen molar-refractivity contribution in [1.82, 2.24) is 9.38 Å². The van der Waals surface area contributed by atoms with Crippen molar-refractivity contribution in [2.45, 2.75) is 6.92 Å². The van der Waals surface area contributed by atoms with E-state index in [9.17, 15) is 9.59 Å². The number of H-pyrrole nitrogens is 1. The van der Waals surface area contributed by atoms with Gasteiger partial charge in [-0.25, -0.2) is 4.79 Å². The standard InChI is InChI=1S/C20H16N2O3/c1-2-25-20(24)17-15(13-8-4-3-5-9-13)12-22-16-11-7-6-10-14(16)19(23)21-18(17)22/h3-12H,2H2,1H3,(H,21,23). The van der Waals surface area contributed by atoms with E-state index in [0.717, 1.165) is 16.6 Å². The Hall–Kier alpha value is -3.34. The second-order valence-corrected chi connectivity index (χ2v) is 5.69. The Balaban J connectivity index is 2.14. The van der Waals surface area contributed by atoms with Crippen molar-refractivity contribution in [1.29, 1.82) is 0 Å². The average Bonchev–Trinajstić information content (AvgIpc) is 3.02. The summed E-state index contributed by atoms with van der Waals surface area (Å²) in [7, 11) is 0. The number of benzene rings is 2. The number of aromatic nitrogens is 2. The molecule has 0 aliphatic rings. The molecular formula is C20H16N2O3. The van der Waals surface area contributed by atoms with Gasteiger partial charge >= 0.3 is 5.97 Å². The van der Waals surface area contributed by atoms with Crippen LogP contribution in [0.3, 0.4) is 0 Å². The Labute approximate surface area is 143 Å². The normalized spacial score (nSPS) is 11.1. The lowest BCUT2D eigenvalue weighted by Gasteiger charge is -2.05. The fraction of sp³-hybridized carbons (Fsp3) is 0.100. The minimum atomic E-state index is -0.449. The van der Waals surface area contributed by atoms with E-state index in [4.69, 9.17) is 4.74 Å². The highest BCUT2D eigenvalue weighted by Gasteiger charge is 2.22. The maximum Gasteiger partial charge on any atom is 0.342 e. The van der Waals surface area contributed by atoms with E-state index in [1.807, 2.05) is 59.1 Å². The van der Waals surface area contributed by atoms with Crippen LogP contribution in [-0.2, 0) is 4.74 Å². The van der Waals surface area contributed by atoms with Gasteiger partial charge in [-0.3, -0.25) is 4.79 Å². The van der Waals surface area contributed by atoms with E-state index >= 15 is 0 Å². The molecule has 2 aromatic heterocycles. The second kappa shape index (κ2) is 5.94. The van der Waals surface area contributed by atoms with Crippen molar-refractivity contribution < 1.29 is 9.53 Å². The third-order valence-corrected chi connectivity index (χ3v) is 4.21. The van der Waals surface area contributed by atoms with Crippen LogP contribution in [0, 0.1) is 0 Å². The Bertz CT molecular complexity index is 1140. The molecule has 2 heterocycles. The van der Waals surface area contributed by atoms with Crippen LogP contribution in [0.2, 0.25) is 0 Å². The lowest BCUT2D eigenvalue weighted by atomic mass is 10.0. The smallest absolute Gasteiger partial charge is 0.342 e. The molecule has 0 radical (unpaired) electrons. The monoisotopic (exact) mass is 332 g/mol. The Morgan fingerprint density at radius 1 is 1.08 bits per heavy atom. The first-order valence-electron chi connectivity index (χ1n) is 8.09. The topological polar surface area (TPSA) is 63.6 Å². The van der Waals surface area contributed by atoms with E-state index in [1.54, 1.807) is 13.0 Å². The van der Waals surface area contributed by atoms with Gasteiger partial charge in [-0.1, -0.05) is 42.5 Å². The molecule has 0 aliphatic heterocycles. The number of carbonyl (C=O) groups is 1. The number of nitrogens with one attached hydrogen (secondary N) is 1. The summed E-state index contributed by atoms with van der Waals surface area (Å²) in [5.41, 5.74) is 2.95. The highest BCUT2D eigenvalue weighted by Crippen LogP contribution is 2.30. The lowest BCUT2D eigenvalue weighted by Crippen LogP contribution is -2.12. The van der Waals surface area contributed by atoms with Crippen LogP contribution >= 0.6 is 0 Å². The van der Waals surface area contributed by atoms with E-state index in [1.165, 1.54) is 0 Å². The van der Waals surface area contributed by atoms with Gasteiger partial charge in [0.1, 0.15) is 11.2 Å². The number of hydrogen-bond donors (Lipinski definition) is 1. The molecule has 124 valence electrons. The van der Waals surface area contributed by atoms with Crippen molar-refractivity contribution in [3.05, 3.63) is 76.7 Å². The van der Waals surface area contributed by atoms with Gasteiger partial charge in [-0.05, 0) is 24.6 Å². The third kappa shape index (κ3) is 2.41. The number of rotatable bonds is 3. The molecule has 0 atom stereocenters. The van der Waals surface area contributed by atoms with Gasteiger partial charge in [0.05, 0.1) is 17.5 Å². The summed E-state index contributed by atoms with van der Waals surface area (Å²) in [6, 6.07) is 16.9. The average molecular weight is 332 g/mol. The summed E-state index contributed by atoms with van der Waals surface area (Å²) < 4.78 is 7.07. The molecule has 0 amide bonds. The molecule has 0 fully saturated rings. The van der Waals surface area contributed by atoms with Crippen LogP contribution in [0.1, 0.15) is 17.3 Å². The number of hydrogen-bond acceptors (Lipinski definition) is 3. The molecular weight excluding hydrogens is 316 g/mol. The molecule has 0 spiro atoms. The molecule has 0 saturated heterocycles. The van der Waals surface area contributed by atoms with Gasteiger partial charge in [0.2, 0.25) is 0 Å². The number of para-hydroxylation sites is 1. The fourth-order valence-corrected chi connectivity index (χ4v) is 3.12. The van der Waals surface area contributed by atoms with Crippen molar-refractivity contribution in [3.63, 3.8) is 0 Å². The molecule has 25 heavy (non-hydrogen) atoms. The predicted octanol–water partition coefficient (Wildman–Crippen LogP) is 3.62. The molecule has 5 heteroatoms. The molecule has 1 N–H and O–H groups in total. The van der Waals surface area contributed by atoms with Gasteiger partial charge in [0, 0.05) is 11.8 Å². The van der Waals surface area contributed by atoms with Crippen molar-refractivity contribution in [2.75, 3.05) is 6.61 Å². The number of nitrogens with zero attached hydrogens (tertiary/aromatic N) is 1. The molecule has 0 saturated carbocycles. The second-order valence-electron chi connectivity index (χ2n) is 5.69. The van der Waals surface area contributed by atoms with Crippen LogP contribution in [0.5, 0.6) is 0 Å². The fourth-order valence-electron chi connectivity index (χ4n) is 3.12. The highest BCUT2D eigenvalue weighted by molar-refractivity contribution is 6.04. The third-order valence-electron chi connectivity index (χ3n) is 4.21. The molecule has 4 rings (SSSR count). The molecule has 2 aromatic carbocycles. The summed E-state index contributed by atoms with van der Waals surface area (Å²) in [6.07, 6.45) is 1.87. The Morgan fingerprint density at radius 3 is 2.56 bits per heavy atom. The van der Waals surface area contributed by atoms with Gasteiger partial charge < -0.3 is 14.1 Å². The first-order chi connectivity index (χ1) is 12.2. The molecule has 0 unspecified atom stereocenters. The lowest BCUT2D eigenvalue weighted by molar-refractivity contribution is 0.0529. The van der Waals surface area contributed by atoms with Crippen LogP contribution in [0.4, 0.5) is 0 Å². The van der Waals surface area contributed by atoms with Crippen LogP contribution < -0.4 is 5.56 Å². The highest BCUT2D eigenvalue weighted by atomic mass is 16.5. The maximum absolute atomic E-state index is 12.6. The van der Waals surface area contributed by atoms with E-state index in [2.05, 4.69) is 4.98 Å². The number of carbonyl (C=O) groups excluding carboxylic acids is 1.